The van der Waals surface area contributed by atoms with E-state index in [1.54, 1.807) is 6.07 Å². The van der Waals surface area contributed by atoms with Crippen molar-refractivity contribution < 1.29 is 4.79 Å². The molecule has 72 valence electrons. The fourth-order valence-electron chi connectivity index (χ4n) is 0.901. The number of nitrogens with one attached hydrogen (secondary N) is 1. The maximum Gasteiger partial charge on any atom is 0.239 e. The minimum absolute atomic E-state index is 0.155. The van der Waals surface area contributed by atoms with E-state index in [9.17, 15) is 4.79 Å². The molecule has 0 aliphatic heterocycles. The van der Waals surface area contributed by atoms with Gasteiger partial charge >= 0.3 is 0 Å². The lowest BCUT2D eigenvalue weighted by Crippen LogP contribution is -2.13. The van der Waals surface area contributed by atoms with Gasteiger partial charge in [0.05, 0.1) is 11.3 Å². The number of nitrogens with zero attached hydrogens (tertiary/aromatic N) is 1. The van der Waals surface area contributed by atoms with Gasteiger partial charge in [-0.05, 0) is 18.2 Å². The van der Waals surface area contributed by atoms with Crippen molar-refractivity contribution in [1.29, 1.82) is 5.26 Å². The summed E-state index contributed by atoms with van der Waals surface area (Å²) in [5, 5.41) is 11.6. The third-order valence-electron chi connectivity index (χ3n) is 1.50. The fourth-order valence-corrected chi connectivity index (χ4v) is 1.14. The van der Waals surface area contributed by atoms with E-state index in [2.05, 4.69) is 5.32 Å². The Morgan fingerprint density at radius 1 is 1.57 bits per heavy atom. The van der Waals surface area contributed by atoms with Gasteiger partial charge in [-0.25, -0.2) is 0 Å². The van der Waals surface area contributed by atoms with Crippen molar-refractivity contribution >= 4 is 34.8 Å². The normalized spacial score (nSPS) is 9.21. The molecule has 0 aliphatic rings. The highest BCUT2D eigenvalue weighted by Gasteiger charge is 2.05. The number of benzene rings is 1. The standard InChI is InChI=1S/C9H6Cl2N2O/c10-4-9(14)13-8-3-7(11)2-1-6(8)5-12/h1-3H,4H2,(H,13,14). The molecule has 0 radical (unpaired) electrons. The number of rotatable bonds is 2. The molecule has 0 heterocycles. The van der Waals surface area contributed by atoms with Crippen LogP contribution in [0.2, 0.25) is 5.02 Å². The van der Waals surface area contributed by atoms with Crippen LogP contribution < -0.4 is 5.32 Å². The summed E-state index contributed by atoms with van der Waals surface area (Å²) >= 11 is 11.0. The third kappa shape index (κ3) is 2.63. The Bertz CT molecular complexity index is 398. The van der Waals surface area contributed by atoms with Crippen LogP contribution in [-0.2, 0) is 4.79 Å². The minimum atomic E-state index is -0.370. The molecule has 0 saturated carbocycles. The van der Waals surface area contributed by atoms with Crippen molar-refractivity contribution in [2.24, 2.45) is 0 Å². The van der Waals surface area contributed by atoms with E-state index in [-0.39, 0.29) is 11.8 Å². The maximum absolute atomic E-state index is 11.0. The molecule has 1 N–H and O–H groups in total. The van der Waals surface area contributed by atoms with Crippen molar-refractivity contribution in [2.45, 2.75) is 0 Å². The Labute approximate surface area is 91.2 Å². The Balaban J connectivity index is 3.00. The number of hydrogen-bond acceptors (Lipinski definition) is 2. The number of carbonyl (C=O) groups excluding carboxylic acids is 1. The number of alkyl halides is 1. The summed E-state index contributed by atoms with van der Waals surface area (Å²) in [6.07, 6.45) is 0. The summed E-state index contributed by atoms with van der Waals surface area (Å²) in [5.74, 6) is -0.525. The number of hydrogen-bond donors (Lipinski definition) is 1. The molecule has 1 rings (SSSR count). The summed E-state index contributed by atoms with van der Waals surface area (Å²) < 4.78 is 0. The quantitative estimate of drug-likeness (QED) is 0.791. The van der Waals surface area contributed by atoms with Gasteiger partial charge in [-0.15, -0.1) is 11.6 Å². The zero-order valence-electron chi connectivity index (χ0n) is 7.05. The Kier molecular flexibility index (Phi) is 3.75. The van der Waals surface area contributed by atoms with Crippen molar-refractivity contribution in [2.75, 3.05) is 11.2 Å². The van der Waals surface area contributed by atoms with Crippen molar-refractivity contribution in [1.82, 2.24) is 0 Å². The zero-order chi connectivity index (χ0) is 10.6. The van der Waals surface area contributed by atoms with Gasteiger partial charge in [0.1, 0.15) is 11.9 Å². The molecule has 0 saturated heterocycles. The van der Waals surface area contributed by atoms with Gasteiger partial charge in [0.2, 0.25) is 5.91 Å². The predicted octanol–water partition coefficient (Wildman–Crippen LogP) is 2.39. The van der Waals surface area contributed by atoms with E-state index in [1.807, 2.05) is 6.07 Å². The van der Waals surface area contributed by atoms with Crippen LogP contribution in [0, 0.1) is 11.3 Å². The minimum Gasteiger partial charge on any atom is -0.324 e. The summed E-state index contributed by atoms with van der Waals surface area (Å²) in [6.45, 7) is 0. The highest BCUT2D eigenvalue weighted by Crippen LogP contribution is 2.20. The first-order valence-electron chi connectivity index (χ1n) is 3.73. The van der Waals surface area contributed by atoms with Crippen LogP contribution in [0.25, 0.3) is 0 Å². The summed E-state index contributed by atoms with van der Waals surface area (Å²) in [4.78, 5) is 11.0. The average molecular weight is 229 g/mol. The lowest BCUT2D eigenvalue weighted by Gasteiger charge is -2.04. The summed E-state index contributed by atoms with van der Waals surface area (Å²) in [6, 6.07) is 6.55. The highest BCUT2D eigenvalue weighted by molar-refractivity contribution is 6.31. The van der Waals surface area contributed by atoms with Gasteiger partial charge < -0.3 is 5.32 Å². The molecule has 1 aromatic carbocycles. The summed E-state index contributed by atoms with van der Waals surface area (Å²) in [5.41, 5.74) is 0.735. The van der Waals surface area contributed by atoms with Crippen LogP contribution in [0.5, 0.6) is 0 Å². The third-order valence-corrected chi connectivity index (χ3v) is 1.98. The van der Waals surface area contributed by atoms with Crippen LogP contribution in [0.15, 0.2) is 18.2 Å². The molecular weight excluding hydrogens is 223 g/mol. The van der Waals surface area contributed by atoms with Crippen LogP contribution in [0.3, 0.4) is 0 Å². The maximum atomic E-state index is 11.0. The number of amides is 1. The lowest BCUT2D eigenvalue weighted by atomic mass is 10.2. The van der Waals surface area contributed by atoms with E-state index in [0.717, 1.165) is 0 Å². The lowest BCUT2D eigenvalue weighted by molar-refractivity contribution is -0.113. The second-order valence-electron chi connectivity index (χ2n) is 2.48. The van der Waals surface area contributed by atoms with Gasteiger partial charge in [0, 0.05) is 5.02 Å². The van der Waals surface area contributed by atoms with Gasteiger partial charge in [-0.3, -0.25) is 4.79 Å². The molecule has 14 heavy (non-hydrogen) atoms. The number of halogens is 2. The predicted molar refractivity (Wildman–Crippen MR) is 55.5 cm³/mol. The van der Waals surface area contributed by atoms with Gasteiger partial charge in [0.25, 0.3) is 0 Å². The Morgan fingerprint density at radius 3 is 2.86 bits per heavy atom. The van der Waals surface area contributed by atoms with Gasteiger partial charge in [-0.1, -0.05) is 11.6 Å². The molecule has 3 nitrogen and oxygen atoms in total. The van der Waals surface area contributed by atoms with E-state index in [4.69, 9.17) is 28.5 Å². The molecule has 1 amide bonds. The molecule has 0 fully saturated rings. The second-order valence-corrected chi connectivity index (χ2v) is 3.19. The second kappa shape index (κ2) is 4.85. The smallest absolute Gasteiger partial charge is 0.239 e. The van der Waals surface area contributed by atoms with Crippen LogP contribution in [0.1, 0.15) is 5.56 Å². The van der Waals surface area contributed by atoms with E-state index in [0.29, 0.717) is 16.3 Å². The molecule has 0 atom stereocenters. The SMILES string of the molecule is N#Cc1ccc(Cl)cc1NC(=O)CCl. The van der Waals surface area contributed by atoms with Crippen molar-refractivity contribution in [3.8, 4) is 6.07 Å². The monoisotopic (exact) mass is 228 g/mol. The zero-order valence-corrected chi connectivity index (χ0v) is 8.56. The summed E-state index contributed by atoms with van der Waals surface area (Å²) in [7, 11) is 0. The first kappa shape index (κ1) is 10.8. The average Bonchev–Trinajstić information content (AvgIpc) is 2.18. The van der Waals surface area contributed by atoms with Gasteiger partial charge in [-0.2, -0.15) is 5.26 Å². The topological polar surface area (TPSA) is 52.9 Å². The van der Waals surface area contributed by atoms with Gasteiger partial charge in [0.15, 0.2) is 0 Å². The first-order chi connectivity index (χ1) is 6.67. The van der Waals surface area contributed by atoms with Crippen molar-refractivity contribution in [3.05, 3.63) is 28.8 Å². The van der Waals surface area contributed by atoms with Crippen LogP contribution >= 0.6 is 23.2 Å². The fraction of sp³-hybridized carbons (Fsp3) is 0.111. The Hall–Kier alpha value is -1.24. The molecule has 0 unspecified atom stereocenters. The van der Waals surface area contributed by atoms with Crippen molar-refractivity contribution in [3.63, 3.8) is 0 Å². The molecule has 0 bridgehead atoms. The van der Waals surface area contributed by atoms with E-state index < -0.39 is 0 Å². The molecule has 0 aromatic heterocycles. The first-order valence-corrected chi connectivity index (χ1v) is 4.64. The van der Waals surface area contributed by atoms with Crippen LogP contribution in [-0.4, -0.2) is 11.8 Å². The molecule has 0 aliphatic carbocycles. The molecule has 1 aromatic rings. The highest BCUT2D eigenvalue weighted by atomic mass is 35.5. The number of nitriles is 1. The molecule has 0 spiro atoms. The number of carbonyl (C=O) groups is 1. The molecule has 5 heteroatoms. The molecular formula is C9H6Cl2N2O. The number of anilines is 1. The van der Waals surface area contributed by atoms with Crippen LogP contribution in [0.4, 0.5) is 5.69 Å². The largest absolute Gasteiger partial charge is 0.324 e. The Morgan fingerprint density at radius 2 is 2.29 bits per heavy atom. The van der Waals surface area contributed by atoms with E-state index in [1.165, 1.54) is 12.1 Å². The van der Waals surface area contributed by atoms with E-state index >= 15 is 0 Å².